The zero-order valence-electron chi connectivity index (χ0n) is 11.3. The summed E-state index contributed by atoms with van der Waals surface area (Å²) in [6, 6.07) is 10.0. The molecule has 0 aliphatic carbocycles. The SMILES string of the molecule is NC(Cc1ccc(F)c(Cl)c1)c1cccc2c1OCCO2. The van der Waals surface area contributed by atoms with Gasteiger partial charge < -0.3 is 15.2 Å². The fourth-order valence-electron chi connectivity index (χ4n) is 2.42. The first-order chi connectivity index (χ1) is 10.1. The summed E-state index contributed by atoms with van der Waals surface area (Å²) in [4.78, 5) is 0. The van der Waals surface area contributed by atoms with Gasteiger partial charge in [-0.25, -0.2) is 4.39 Å². The second kappa shape index (κ2) is 5.92. The molecular weight excluding hydrogens is 293 g/mol. The molecule has 3 nitrogen and oxygen atoms in total. The van der Waals surface area contributed by atoms with Crippen molar-refractivity contribution in [2.45, 2.75) is 12.5 Å². The van der Waals surface area contributed by atoms with Crippen molar-refractivity contribution < 1.29 is 13.9 Å². The topological polar surface area (TPSA) is 44.5 Å². The third kappa shape index (κ3) is 2.96. The van der Waals surface area contributed by atoms with Crippen LogP contribution in [0.2, 0.25) is 5.02 Å². The van der Waals surface area contributed by atoms with Crippen molar-refractivity contribution in [2.75, 3.05) is 13.2 Å². The molecule has 110 valence electrons. The van der Waals surface area contributed by atoms with Crippen LogP contribution in [0.1, 0.15) is 17.2 Å². The maximum Gasteiger partial charge on any atom is 0.166 e. The molecule has 0 saturated carbocycles. The normalized spacial score (nSPS) is 14.8. The summed E-state index contributed by atoms with van der Waals surface area (Å²) in [5.41, 5.74) is 8.03. The molecule has 21 heavy (non-hydrogen) atoms. The molecule has 2 N–H and O–H groups in total. The van der Waals surface area contributed by atoms with E-state index in [-0.39, 0.29) is 11.1 Å². The average molecular weight is 308 g/mol. The first-order valence-corrected chi connectivity index (χ1v) is 7.11. The number of ether oxygens (including phenoxy) is 2. The van der Waals surface area contributed by atoms with Gasteiger partial charge in [-0.05, 0) is 30.2 Å². The Labute approximate surface area is 127 Å². The van der Waals surface area contributed by atoms with Crippen LogP contribution in [0, 0.1) is 5.82 Å². The maximum atomic E-state index is 13.2. The number of fused-ring (bicyclic) bond motifs is 1. The predicted molar refractivity (Wildman–Crippen MR) is 79.5 cm³/mol. The second-order valence-corrected chi connectivity index (χ2v) is 5.34. The van der Waals surface area contributed by atoms with Gasteiger partial charge in [-0.2, -0.15) is 0 Å². The zero-order chi connectivity index (χ0) is 14.8. The zero-order valence-corrected chi connectivity index (χ0v) is 12.1. The lowest BCUT2D eigenvalue weighted by molar-refractivity contribution is 0.169. The van der Waals surface area contributed by atoms with Crippen molar-refractivity contribution in [2.24, 2.45) is 5.73 Å². The molecule has 0 aromatic heterocycles. The van der Waals surface area contributed by atoms with Crippen LogP contribution >= 0.6 is 11.6 Å². The van der Waals surface area contributed by atoms with Crippen molar-refractivity contribution in [3.63, 3.8) is 0 Å². The Bertz CT molecular complexity index is 663. The highest BCUT2D eigenvalue weighted by atomic mass is 35.5. The monoisotopic (exact) mass is 307 g/mol. The highest BCUT2D eigenvalue weighted by molar-refractivity contribution is 6.30. The van der Waals surface area contributed by atoms with Gasteiger partial charge in [0.15, 0.2) is 11.5 Å². The summed E-state index contributed by atoms with van der Waals surface area (Å²) in [7, 11) is 0. The molecule has 2 aromatic carbocycles. The van der Waals surface area contributed by atoms with Crippen LogP contribution in [0.3, 0.4) is 0 Å². The highest BCUT2D eigenvalue weighted by Crippen LogP contribution is 2.37. The van der Waals surface area contributed by atoms with Gasteiger partial charge in [0.05, 0.1) is 5.02 Å². The van der Waals surface area contributed by atoms with Crippen LogP contribution in [-0.4, -0.2) is 13.2 Å². The van der Waals surface area contributed by atoms with E-state index in [1.54, 1.807) is 12.1 Å². The maximum absolute atomic E-state index is 13.2. The summed E-state index contributed by atoms with van der Waals surface area (Å²) in [6.07, 6.45) is 0.541. The van der Waals surface area contributed by atoms with Crippen molar-refractivity contribution in [1.29, 1.82) is 0 Å². The number of nitrogens with two attached hydrogens (primary N) is 1. The van der Waals surface area contributed by atoms with Crippen LogP contribution in [0.15, 0.2) is 36.4 Å². The Morgan fingerprint density at radius 2 is 2.00 bits per heavy atom. The average Bonchev–Trinajstić information content (AvgIpc) is 2.50. The van der Waals surface area contributed by atoms with Gasteiger partial charge in [0.1, 0.15) is 19.0 Å². The second-order valence-electron chi connectivity index (χ2n) is 4.93. The smallest absolute Gasteiger partial charge is 0.166 e. The summed E-state index contributed by atoms with van der Waals surface area (Å²) < 4.78 is 24.4. The molecule has 1 aliphatic heterocycles. The van der Waals surface area contributed by atoms with E-state index in [1.165, 1.54) is 6.07 Å². The van der Waals surface area contributed by atoms with E-state index in [0.29, 0.717) is 31.1 Å². The molecule has 0 radical (unpaired) electrons. The van der Waals surface area contributed by atoms with E-state index in [1.807, 2.05) is 18.2 Å². The molecule has 0 saturated heterocycles. The molecular formula is C16H15ClFNO2. The molecule has 1 heterocycles. The number of para-hydroxylation sites is 1. The van der Waals surface area contributed by atoms with Gasteiger partial charge in [0, 0.05) is 11.6 Å². The predicted octanol–water partition coefficient (Wildman–Crippen LogP) is 3.49. The van der Waals surface area contributed by atoms with E-state index >= 15 is 0 Å². The molecule has 3 rings (SSSR count). The van der Waals surface area contributed by atoms with E-state index in [4.69, 9.17) is 26.8 Å². The van der Waals surface area contributed by atoms with Gasteiger partial charge in [-0.15, -0.1) is 0 Å². The minimum Gasteiger partial charge on any atom is -0.486 e. The number of hydrogen-bond acceptors (Lipinski definition) is 3. The Morgan fingerprint density at radius 1 is 1.19 bits per heavy atom. The summed E-state index contributed by atoms with van der Waals surface area (Å²) in [5, 5.41) is 0.106. The summed E-state index contributed by atoms with van der Waals surface area (Å²) >= 11 is 5.80. The molecule has 0 bridgehead atoms. The Balaban J connectivity index is 1.85. The van der Waals surface area contributed by atoms with Crippen LogP contribution in [-0.2, 0) is 6.42 Å². The van der Waals surface area contributed by atoms with Gasteiger partial charge in [-0.3, -0.25) is 0 Å². The first kappa shape index (κ1) is 14.2. The quantitative estimate of drug-likeness (QED) is 0.944. The Kier molecular flexibility index (Phi) is 3.99. The van der Waals surface area contributed by atoms with Crippen molar-refractivity contribution in [1.82, 2.24) is 0 Å². The Hall–Kier alpha value is -1.78. The third-order valence-corrected chi connectivity index (χ3v) is 3.73. The van der Waals surface area contributed by atoms with Crippen molar-refractivity contribution in [3.05, 3.63) is 58.4 Å². The number of benzene rings is 2. The molecule has 5 heteroatoms. The van der Waals surface area contributed by atoms with Crippen LogP contribution in [0.5, 0.6) is 11.5 Å². The van der Waals surface area contributed by atoms with Crippen LogP contribution in [0.4, 0.5) is 4.39 Å². The lowest BCUT2D eigenvalue weighted by Crippen LogP contribution is -2.20. The molecule has 1 unspecified atom stereocenters. The van der Waals surface area contributed by atoms with Gasteiger partial charge in [0.2, 0.25) is 0 Å². The first-order valence-electron chi connectivity index (χ1n) is 6.73. The highest BCUT2D eigenvalue weighted by Gasteiger charge is 2.20. The fourth-order valence-corrected chi connectivity index (χ4v) is 2.62. The van der Waals surface area contributed by atoms with Crippen LogP contribution < -0.4 is 15.2 Å². The van der Waals surface area contributed by atoms with Crippen molar-refractivity contribution in [3.8, 4) is 11.5 Å². The Morgan fingerprint density at radius 3 is 2.81 bits per heavy atom. The minimum atomic E-state index is -0.428. The lowest BCUT2D eigenvalue weighted by atomic mass is 9.98. The standard InChI is InChI=1S/C16H15ClFNO2/c17-12-8-10(4-5-13(12)18)9-14(19)11-2-1-3-15-16(11)21-7-6-20-15/h1-5,8,14H,6-7,9,19H2. The summed E-state index contributed by atoms with van der Waals surface area (Å²) in [6.45, 7) is 1.05. The third-order valence-electron chi connectivity index (χ3n) is 3.44. The van der Waals surface area contributed by atoms with Gasteiger partial charge in [0.25, 0.3) is 0 Å². The largest absolute Gasteiger partial charge is 0.486 e. The van der Waals surface area contributed by atoms with E-state index in [2.05, 4.69) is 0 Å². The van der Waals surface area contributed by atoms with E-state index in [0.717, 1.165) is 11.1 Å². The molecule has 0 spiro atoms. The van der Waals surface area contributed by atoms with E-state index in [9.17, 15) is 4.39 Å². The lowest BCUT2D eigenvalue weighted by Gasteiger charge is -2.23. The molecule has 1 aliphatic rings. The fraction of sp³-hybridized carbons (Fsp3) is 0.250. The number of hydrogen-bond donors (Lipinski definition) is 1. The van der Waals surface area contributed by atoms with E-state index < -0.39 is 5.82 Å². The molecule has 2 aromatic rings. The molecule has 1 atom stereocenters. The number of halogens is 2. The summed E-state index contributed by atoms with van der Waals surface area (Å²) in [5.74, 6) is 0.985. The van der Waals surface area contributed by atoms with Gasteiger partial charge >= 0.3 is 0 Å². The molecule has 0 fully saturated rings. The molecule has 0 amide bonds. The van der Waals surface area contributed by atoms with Crippen molar-refractivity contribution >= 4 is 11.6 Å². The number of rotatable bonds is 3. The minimum absolute atomic E-state index is 0.106. The van der Waals surface area contributed by atoms with Crippen LogP contribution in [0.25, 0.3) is 0 Å². The van der Waals surface area contributed by atoms with Gasteiger partial charge in [-0.1, -0.05) is 29.8 Å².